The highest BCUT2D eigenvalue weighted by Gasteiger charge is 1.99. The zero-order valence-electron chi connectivity index (χ0n) is 7.42. The van der Waals surface area contributed by atoms with Gasteiger partial charge in [-0.25, -0.2) is 4.79 Å². The number of carbonyl (C=O) groups is 1. The highest BCUT2D eigenvalue weighted by molar-refractivity contribution is 5.78. The first-order valence-corrected chi connectivity index (χ1v) is 3.32. The van der Waals surface area contributed by atoms with E-state index in [9.17, 15) is 4.79 Å². The van der Waals surface area contributed by atoms with E-state index in [1.807, 2.05) is 6.08 Å². The molecule has 11 heavy (non-hydrogen) atoms. The van der Waals surface area contributed by atoms with E-state index in [0.29, 0.717) is 5.41 Å². The van der Waals surface area contributed by atoms with Gasteiger partial charge >= 0.3 is 5.97 Å². The fourth-order valence-electron chi connectivity index (χ4n) is 0. The van der Waals surface area contributed by atoms with Gasteiger partial charge < -0.3 is 5.11 Å². The maximum absolute atomic E-state index is 9.25. The van der Waals surface area contributed by atoms with E-state index in [1.165, 1.54) is 0 Å². The van der Waals surface area contributed by atoms with Crippen molar-refractivity contribution in [2.75, 3.05) is 0 Å². The molecule has 2 nitrogen and oxygen atoms in total. The molecule has 0 heterocycles. The van der Waals surface area contributed by atoms with Gasteiger partial charge in [0.05, 0.1) is 0 Å². The van der Waals surface area contributed by atoms with Crippen LogP contribution in [0.4, 0.5) is 0 Å². The predicted molar refractivity (Wildman–Crippen MR) is 47.5 cm³/mol. The summed E-state index contributed by atoms with van der Waals surface area (Å²) < 4.78 is 0. The van der Waals surface area contributed by atoms with Crippen LogP contribution in [0.5, 0.6) is 0 Å². The first-order chi connectivity index (χ1) is 4.83. The molecule has 2 heteroatoms. The van der Waals surface area contributed by atoms with E-state index in [0.717, 1.165) is 6.08 Å². The van der Waals surface area contributed by atoms with Gasteiger partial charge in [0.2, 0.25) is 0 Å². The molecule has 0 atom stereocenters. The molecule has 0 radical (unpaired) electrons. The summed E-state index contributed by atoms with van der Waals surface area (Å²) in [6, 6.07) is 0. The highest BCUT2D eigenvalue weighted by Crippen LogP contribution is 2.11. The van der Waals surface area contributed by atoms with Gasteiger partial charge in [-0.1, -0.05) is 33.4 Å². The Bertz CT molecular complexity index is 140. The molecular formula is C9H16O2. The van der Waals surface area contributed by atoms with Gasteiger partial charge in [0.1, 0.15) is 0 Å². The van der Waals surface area contributed by atoms with E-state index in [1.54, 1.807) is 0 Å². The predicted octanol–water partition coefficient (Wildman–Crippen LogP) is 2.48. The van der Waals surface area contributed by atoms with Crippen molar-refractivity contribution in [3.63, 3.8) is 0 Å². The van der Waals surface area contributed by atoms with Crippen molar-refractivity contribution in [2.45, 2.75) is 20.8 Å². The molecule has 0 unspecified atom stereocenters. The van der Waals surface area contributed by atoms with Crippen LogP contribution >= 0.6 is 0 Å². The van der Waals surface area contributed by atoms with Crippen molar-refractivity contribution < 1.29 is 9.90 Å². The molecule has 0 saturated heterocycles. The van der Waals surface area contributed by atoms with Crippen molar-refractivity contribution >= 4 is 5.97 Å². The number of rotatable bonds is 1. The molecule has 0 amide bonds. The summed E-state index contributed by atoms with van der Waals surface area (Å²) in [5, 5.41) is 7.60. The van der Waals surface area contributed by atoms with Crippen LogP contribution in [0.25, 0.3) is 0 Å². The highest BCUT2D eigenvalue weighted by atomic mass is 16.4. The fourth-order valence-corrected chi connectivity index (χ4v) is 0. The van der Waals surface area contributed by atoms with Crippen molar-refractivity contribution in [3.8, 4) is 0 Å². The van der Waals surface area contributed by atoms with Crippen LogP contribution in [-0.4, -0.2) is 11.1 Å². The second kappa shape index (κ2) is 5.71. The summed E-state index contributed by atoms with van der Waals surface area (Å²) in [5.41, 5.74) is 0.306. The Labute approximate surface area is 68.2 Å². The van der Waals surface area contributed by atoms with Crippen LogP contribution in [0.1, 0.15) is 20.8 Å². The van der Waals surface area contributed by atoms with Crippen LogP contribution in [0.3, 0.4) is 0 Å². The second-order valence-electron chi connectivity index (χ2n) is 3.11. The van der Waals surface area contributed by atoms with Crippen LogP contribution in [0, 0.1) is 5.41 Å². The molecule has 0 aliphatic rings. The Hall–Kier alpha value is -1.05. The third-order valence-corrected chi connectivity index (χ3v) is 0.787. The molecular weight excluding hydrogens is 140 g/mol. The van der Waals surface area contributed by atoms with Crippen LogP contribution in [0.15, 0.2) is 25.3 Å². The summed E-state index contributed by atoms with van der Waals surface area (Å²) in [6.07, 6.45) is 2.77. The van der Waals surface area contributed by atoms with Gasteiger partial charge in [-0.2, -0.15) is 0 Å². The molecule has 0 aliphatic carbocycles. The third kappa shape index (κ3) is 27.7. The van der Waals surface area contributed by atoms with E-state index < -0.39 is 5.97 Å². The number of carboxylic acids is 1. The molecule has 0 fully saturated rings. The standard InChI is InChI=1S/C6H12.C3H4O2/c1-5-6(2,3)4;1-2-3(4)5/h5H,1H2,2-4H3;2H,1H2,(H,4,5). The van der Waals surface area contributed by atoms with Gasteiger partial charge in [-0.05, 0) is 5.41 Å². The Balaban J connectivity index is 0. The maximum atomic E-state index is 9.25. The number of carboxylic acid groups (broad SMARTS) is 1. The maximum Gasteiger partial charge on any atom is 0.327 e. The normalized spacial score (nSPS) is 9.00. The Morgan fingerprint density at radius 1 is 1.36 bits per heavy atom. The minimum Gasteiger partial charge on any atom is -0.478 e. The van der Waals surface area contributed by atoms with Crippen LogP contribution in [0.2, 0.25) is 0 Å². The minimum atomic E-state index is -0.981. The van der Waals surface area contributed by atoms with Crippen molar-refractivity contribution in [1.29, 1.82) is 0 Å². The Morgan fingerprint density at radius 3 is 1.55 bits per heavy atom. The lowest BCUT2D eigenvalue weighted by atomic mass is 9.98. The molecule has 0 aromatic carbocycles. The van der Waals surface area contributed by atoms with Crippen molar-refractivity contribution in [2.24, 2.45) is 5.41 Å². The number of hydrogen-bond donors (Lipinski definition) is 1. The van der Waals surface area contributed by atoms with E-state index >= 15 is 0 Å². The van der Waals surface area contributed by atoms with Crippen LogP contribution in [-0.2, 0) is 4.79 Å². The molecule has 0 saturated carbocycles. The monoisotopic (exact) mass is 156 g/mol. The average molecular weight is 156 g/mol. The molecule has 0 aliphatic heterocycles. The number of aliphatic carboxylic acids is 1. The summed E-state index contributed by atoms with van der Waals surface area (Å²) in [4.78, 5) is 9.25. The van der Waals surface area contributed by atoms with Gasteiger partial charge in [0.25, 0.3) is 0 Å². The topological polar surface area (TPSA) is 37.3 Å². The molecule has 0 spiro atoms. The lowest BCUT2D eigenvalue weighted by Gasteiger charge is -2.08. The smallest absolute Gasteiger partial charge is 0.327 e. The Morgan fingerprint density at radius 2 is 1.55 bits per heavy atom. The minimum absolute atomic E-state index is 0.306. The summed E-state index contributed by atoms with van der Waals surface area (Å²) in [6.45, 7) is 13.0. The molecule has 0 rings (SSSR count). The summed E-state index contributed by atoms with van der Waals surface area (Å²) >= 11 is 0. The summed E-state index contributed by atoms with van der Waals surface area (Å²) in [5.74, 6) is -0.981. The van der Waals surface area contributed by atoms with Crippen LogP contribution < -0.4 is 0 Å². The fraction of sp³-hybridized carbons (Fsp3) is 0.444. The third-order valence-electron chi connectivity index (χ3n) is 0.787. The first-order valence-electron chi connectivity index (χ1n) is 3.32. The molecule has 1 N–H and O–H groups in total. The molecule has 0 bridgehead atoms. The van der Waals surface area contributed by atoms with E-state index in [4.69, 9.17) is 5.11 Å². The number of hydrogen-bond acceptors (Lipinski definition) is 1. The lowest BCUT2D eigenvalue weighted by molar-refractivity contribution is -0.131. The quantitative estimate of drug-likeness (QED) is 0.467. The summed E-state index contributed by atoms with van der Waals surface area (Å²) in [7, 11) is 0. The average Bonchev–Trinajstić information content (AvgIpc) is 1.88. The van der Waals surface area contributed by atoms with Crippen molar-refractivity contribution in [3.05, 3.63) is 25.3 Å². The van der Waals surface area contributed by atoms with Gasteiger partial charge in [0, 0.05) is 6.08 Å². The van der Waals surface area contributed by atoms with Gasteiger partial charge in [-0.3, -0.25) is 0 Å². The second-order valence-corrected chi connectivity index (χ2v) is 3.11. The first kappa shape index (κ1) is 12.6. The zero-order valence-corrected chi connectivity index (χ0v) is 7.42. The van der Waals surface area contributed by atoms with Gasteiger partial charge in [-0.15, -0.1) is 6.58 Å². The molecule has 0 aromatic rings. The van der Waals surface area contributed by atoms with E-state index in [2.05, 4.69) is 33.9 Å². The van der Waals surface area contributed by atoms with E-state index in [-0.39, 0.29) is 0 Å². The van der Waals surface area contributed by atoms with Gasteiger partial charge in [0.15, 0.2) is 0 Å². The lowest BCUT2D eigenvalue weighted by Crippen LogP contribution is -1.96. The zero-order chi connectivity index (χ0) is 9.49. The molecule has 64 valence electrons. The molecule has 0 aromatic heterocycles. The number of allylic oxidation sites excluding steroid dienone is 1. The Kier molecular flexibility index (Phi) is 6.55. The van der Waals surface area contributed by atoms with Crippen molar-refractivity contribution in [1.82, 2.24) is 0 Å². The largest absolute Gasteiger partial charge is 0.478 e. The SMILES string of the molecule is C=CC(=O)O.C=CC(C)(C)C.